The molecule has 2 aliphatic heterocycles. The second kappa shape index (κ2) is 8.45. The summed E-state index contributed by atoms with van der Waals surface area (Å²) in [6.07, 6.45) is -4.00. The van der Waals surface area contributed by atoms with Crippen LogP contribution in [0.3, 0.4) is 0 Å². The monoisotopic (exact) mass is 489 g/mol. The SMILES string of the molecule is O=C1N(c2ccc(OCC(F)(F)F)cc2)C[C@H]2C[C@H](NS(=O)(=O)c3ccccc3Cl)CN12. The van der Waals surface area contributed by atoms with E-state index in [9.17, 15) is 26.4 Å². The number of hydrogen-bond acceptors (Lipinski definition) is 4. The van der Waals surface area contributed by atoms with Crippen molar-refractivity contribution in [3.8, 4) is 5.75 Å². The highest BCUT2D eigenvalue weighted by Gasteiger charge is 2.45. The number of urea groups is 1. The minimum atomic E-state index is -4.43. The number of halogens is 4. The molecule has 0 bridgehead atoms. The molecule has 0 radical (unpaired) electrons. The summed E-state index contributed by atoms with van der Waals surface area (Å²) in [5.41, 5.74) is 0.525. The van der Waals surface area contributed by atoms with Gasteiger partial charge in [-0.05, 0) is 42.8 Å². The number of fused-ring (bicyclic) bond motifs is 1. The number of benzene rings is 2. The molecule has 0 aliphatic carbocycles. The van der Waals surface area contributed by atoms with Gasteiger partial charge in [0.1, 0.15) is 10.6 Å². The predicted molar refractivity (Wildman–Crippen MR) is 111 cm³/mol. The van der Waals surface area contributed by atoms with E-state index in [1.165, 1.54) is 41.3 Å². The van der Waals surface area contributed by atoms with Crippen LogP contribution in [0.15, 0.2) is 53.4 Å². The fourth-order valence-corrected chi connectivity index (χ4v) is 5.66. The van der Waals surface area contributed by atoms with Gasteiger partial charge in [-0.15, -0.1) is 0 Å². The lowest BCUT2D eigenvalue weighted by Crippen LogP contribution is -2.40. The van der Waals surface area contributed by atoms with Crippen molar-refractivity contribution in [2.75, 3.05) is 24.6 Å². The molecule has 0 aromatic heterocycles. The third kappa shape index (κ3) is 4.79. The second-order valence-electron chi connectivity index (χ2n) is 7.58. The maximum absolute atomic E-state index is 12.8. The van der Waals surface area contributed by atoms with Gasteiger partial charge in [0, 0.05) is 24.8 Å². The third-order valence-electron chi connectivity index (χ3n) is 5.28. The summed E-state index contributed by atoms with van der Waals surface area (Å²) in [5.74, 6) is 0.0484. The fraction of sp³-hybridized carbons (Fsp3) is 0.350. The minimum Gasteiger partial charge on any atom is -0.484 e. The van der Waals surface area contributed by atoms with Crippen LogP contribution in [0.4, 0.5) is 23.7 Å². The average molecular weight is 490 g/mol. The summed E-state index contributed by atoms with van der Waals surface area (Å²) in [5, 5.41) is 0.114. The Morgan fingerprint density at radius 2 is 1.78 bits per heavy atom. The van der Waals surface area contributed by atoms with E-state index in [1.807, 2.05) is 0 Å². The van der Waals surface area contributed by atoms with Crippen molar-refractivity contribution in [2.45, 2.75) is 29.6 Å². The summed E-state index contributed by atoms with van der Waals surface area (Å²) in [4.78, 5) is 15.9. The Balaban J connectivity index is 1.38. The molecule has 32 heavy (non-hydrogen) atoms. The summed E-state index contributed by atoms with van der Waals surface area (Å²) in [6.45, 7) is -0.849. The van der Waals surface area contributed by atoms with E-state index in [0.717, 1.165) is 0 Å². The van der Waals surface area contributed by atoms with E-state index in [2.05, 4.69) is 9.46 Å². The molecule has 1 N–H and O–H groups in total. The van der Waals surface area contributed by atoms with E-state index in [4.69, 9.17) is 11.6 Å². The molecule has 172 valence electrons. The van der Waals surface area contributed by atoms with Gasteiger partial charge in [0.25, 0.3) is 0 Å². The molecule has 2 aliphatic rings. The lowest BCUT2D eigenvalue weighted by atomic mass is 10.2. The van der Waals surface area contributed by atoms with Gasteiger partial charge in [0.05, 0.1) is 11.1 Å². The first kappa shape index (κ1) is 22.7. The molecule has 2 aromatic rings. The zero-order chi connectivity index (χ0) is 23.1. The highest BCUT2D eigenvalue weighted by Crippen LogP contribution is 2.32. The van der Waals surface area contributed by atoms with E-state index >= 15 is 0 Å². The van der Waals surface area contributed by atoms with E-state index in [-0.39, 0.29) is 34.3 Å². The molecule has 12 heteroatoms. The Morgan fingerprint density at radius 1 is 1.09 bits per heavy atom. The number of rotatable bonds is 6. The van der Waals surface area contributed by atoms with Crippen molar-refractivity contribution in [2.24, 2.45) is 0 Å². The normalized spacial score (nSPS) is 21.2. The molecule has 2 saturated heterocycles. The smallest absolute Gasteiger partial charge is 0.422 e. The standard InChI is InChI=1S/C20H19ClF3N3O4S/c21-17-3-1-2-4-18(17)32(29,30)25-13-9-15-11-27(19(28)26(15)10-13)14-5-7-16(8-6-14)31-12-20(22,23)24/h1-8,13,15,25H,9-12H2/t13-,15+/m0/s1. The van der Waals surface area contributed by atoms with Gasteiger partial charge in [-0.25, -0.2) is 17.9 Å². The summed E-state index contributed by atoms with van der Waals surface area (Å²) < 4.78 is 69.4. The lowest BCUT2D eigenvalue weighted by molar-refractivity contribution is -0.153. The number of nitrogens with zero attached hydrogens (tertiary/aromatic N) is 2. The van der Waals surface area contributed by atoms with Gasteiger partial charge in [0.2, 0.25) is 10.0 Å². The molecule has 4 rings (SSSR count). The first-order valence-corrected chi connectivity index (χ1v) is 11.5. The first-order valence-electron chi connectivity index (χ1n) is 9.68. The van der Waals surface area contributed by atoms with Crippen molar-refractivity contribution < 1.29 is 31.1 Å². The largest absolute Gasteiger partial charge is 0.484 e. The average Bonchev–Trinajstić information content (AvgIpc) is 3.24. The molecule has 2 heterocycles. The number of amides is 2. The Kier molecular flexibility index (Phi) is 5.99. The van der Waals surface area contributed by atoms with E-state index < -0.39 is 28.8 Å². The van der Waals surface area contributed by atoms with Gasteiger partial charge in [-0.2, -0.15) is 13.2 Å². The van der Waals surface area contributed by atoms with E-state index in [1.54, 1.807) is 17.0 Å². The van der Waals surface area contributed by atoms with E-state index in [0.29, 0.717) is 18.7 Å². The molecule has 0 saturated carbocycles. The lowest BCUT2D eigenvalue weighted by Gasteiger charge is -2.20. The quantitative estimate of drug-likeness (QED) is 0.672. The Bertz CT molecular complexity index is 1110. The number of alkyl halides is 3. The number of anilines is 1. The molecule has 2 fully saturated rings. The van der Waals surface area contributed by atoms with Crippen LogP contribution in [-0.4, -0.2) is 57.3 Å². The highest BCUT2D eigenvalue weighted by molar-refractivity contribution is 7.89. The Labute approximate surface area is 187 Å². The van der Waals surface area contributed by atoms with Crippen LogP contribution in [-0.2, 0) is 10.0 Å². The van der Waals surface area contributed by atoms with Crippen LogP contribution >= 0.6 is 11.6 Å². The second-order valence-corrected chi connectivity index (χ2v) is 9.67. The van der Waals surface area contributed by atoms with Crippen LogP contribution < -0.4 is 14.4 Å². The maximum Gasteiger partial charge on any atom is 0.422 e. The number of carbonyl (C=O) groups is 1. The molecular weight excluding hydrogens is 471 g/mol. The molecule has 7 nitrogen and oxygen atoms in total. The van der Waals surface area contributed by atoms with Gasteiger partial charge in [0.15, 0.2) is 6.61 Å². The van der Waals surface area contributed by atoms with Crippen LogP contribution in [0.5, 0.6) is 5.75 Å². The van der Waals surface area contributed by atoms with Gasteiger partial charge in [-0.1, -0.05) is 23.7 Å². The Morgan fingerprint density at radius 3 is 2.41 bits per heavy atom. The number of carbonyl (C=O) groups excluding carboxylic acids is 1. The molecule has 0 unspecified atom stereocenters. The highest BCUT2D eigenvalue weighted by atomic mass is 35.5. The molecular formula is C20H19ClF3N3O4S. The summed E-state index contributed by atoms with van der Waals surface area (Å²) in [6, 6.07) is 11.0. The fourth-order valence-electron chi connectivity index (χ4n) is 3.90. The molecule has 2 atom stereocenters. The number of sulfonamides is 1. The van der Waals surface area contributed by atoms with Gasteiger partial charge < -0.3 is 9.64 Å². The third-order valence-corrected chi connectivity index (χ3v) is 7.30. The molecule has 2 amide bonds. The molecule has 2 aromatic carbocycles. The van der Waals surface area contributed by atoms with Crippen molar-refractivity contribution in [3.63, 3.8) is 0 Å². The summed E-state index contributed by atoms with van der Waals surface area (Å²) in [7, 11) is -3.84. The molecule has 0 spiro atoms. The van der Waals surface area contributed by atoms with Crippen LogP contribution in [0.2, 0.25) is 5.02 Å². The summed E-state index contributed by atoms with van der Waals surface area (Å²) >= 11 is 6.00. The van der Waals surface area contributed by atoms with Crippen molar-refractivity contribution in [1.82, 2.24) is 9.62 Å². The van der Waals surface area contributed by atoms with Crippen molar-refractivity contribution in [3.05, 3.63) is 53.6 Å². The zero-order valence-corrected chi connectivity index (χ0v) is 18.1. The predicted octanol–water partition coefficient (Wildman–Crippen LogP) is 3.64. The minimum absolute atomic E-state index is 0.0190. The number of hydrogen-bond donors (Lipinski definition) is 1. The van der Waals surface area contributed by atoms with Gasteiger partial charge >= 0.3 is 12.2 Å². The Hall–Kier alpha value is -2.50. The number of nitrogens with one attached hydrogen (secondary N) is 1. The van der Waals surface area contributed by atoms with Crippen LogP contribution in [0.25, 0.3) is 0 Å². The maximum atomic E-state index is 12.8. The zero-order valence-electron chi connectivity index (χ0n) is 16.5. The van der Waals surface area contributed by atoms with Crippen molar-refractivity contribution >= 4 is 33.3 Å². The topological polar surface area (TPSA) is 79.0 Å². The van der Waals surface area contributed by atoms with Crippen LogP contribution in [0.1, 0.15) is 6.42 Å². The van der Waals surface area contributed by atoms with Crippen molar-refractivity contribution in [1.29, 1.82) is 0 Å². The van der Waals surface area contributed by atoms with Gasteiger partial charge in [-0.3, -0.25) is 4.90 Å². The van der Waals surface area contributed by atoms with Crippen LogP contribution in [0, 0.1) is 0 Å². The first-order chi connectivity index (χ1) is 15.0. The number of ether oxygens (including phenoxy) is 1.